The molecule has 0 heterocycles. The molecule has 0 radical (unpaired) electrons. The van der Waals surface area contributed by atoms with Crippen molar-refractivity contribution >= 4 is 27.5 Å². The van der Waals surface area contributed by atoms with E-state index in [1.807, 2.05) is 0 Å². The monoisotopic (exact) mass is 280 g/mol. The van der Waals surface area contributed by atoms with E-state index < -0.39 is 5.91 Å². The minimum absolute atomic E-state index is 0.106. The van der Waals surface area contributed by atoms with Crippen molar-refractivity contribution in [1.29, 1.82) is 5.26 Å². The highest BCUT2D eigenvalue weighted by atomic mass is 79.9. The molecular weight excluding hydrogens is 272 g/mol. The smallest absolute Gasteiger partial charge is 0.266 e. The number of nitrogens with one attached hydrogen (secondary N) is 1. The number of amides is 1. The molecule has 1 rings (SSSR count). The average molecular weight is 281 g/mol. The van der Waals surface area contributed by atoms with Crippen molar-refractivity contribution in [1.82, 2.24) is 0 Å². The van der Waals surface area contributed by atoms with E-state index in [1.54, 1.807) is 30.3 Å². The van der Waals surface area contributed by atoms with E-state index >= 15 is 0 Å². The van der Waals surface area contributed by atoms with Crippen molar-refractivity contribution in [2.75, 3.05) is 11.9 Å². The summed E-state index contributed by atoms with van der Waals surface area (Å²) in [6, 6.07) is 8.67. The van der Waals surface area contributed by atoms with Gasteiger partial charge in [0.1, 0.15) is 11.6 Å². The van der Waals surface area contributed by atoms with Gasteiger partial charge in [-0.2, -0.15) is 5.26 Å². The van der Waals surface area contributed by atoms with Gasteiger partial charge in [-0.25, -0.2) is 0 Å². The van der Waals surface area contributed by atoms with Crippen molar-refractivity contribution in [2.24, 2.45) is 0 Å². The van der Waals surface area contributed by atoms with Gasteiger partial charge in [-0.15, -0.1) is 0 Å². The molecule has 2 N–H and O–H groups in total. The van der Waals surface area contributed by atoms with Crippen molar-refractivity contribution in [3.63, 3.8) is 0 Å². The lowest BCUT2D eigenvalue weighted by Crippen LogP contribution is -2.13. The van der Waals surface area contributed by atoms with Gasteiger partial charge in [-0.1, -0.05) is 15.9 Å². The fourth-order valence-electron chi connectivity index (χ4n) is 1.01. The maximum Gasteiger partial charge on any atom is 0.266 e. The van der Waals surface area contributed by atoms with E-state index in [1.165, 1.54) is 0 Å². The molecule has 1 aromatic rings. The van der Waals surface area contributed by atoms with Gasteiger partial charge >= 0.3 is 0 Å². The normalized spacial score (nSPS) is 10.7. The van der Waals surface area contributed by atoms with Crippen molar-refractivity contribution in [3.8, 4) is 6.07 Å². The SMILES string of the molecule is N#CC(=CCO)C(=O)Nc1ccc(Br)cc1. The predicted molar refractivity (Wildman–Crippen MR) is 63.6 cm³/mol. The van der Waals surface area contributed by atoms with Crippen molar-refractivity contribution in [2.45, 2.75) is 0 Å². The third kappa shape index (κ3) is 3.50. The first-order chi connectivity index (χ1) is 7.67. The van der Waals surface area contributed by atoms with Crippen LogP contribution in [-0.4, -0.2) is 17.6 Å². The van der Waals surface area contributed by atoms with Crippen molar-refractivity contribution < 1.29 is 9.90 Å². The zero-order valence-corrected chi connectivity index (χ0v) is 9.86. The Morgan fingerprint density at radius 1 is 1.50 bits per heavy atom. The molecule has 0 aliphatic carbocycles. The molecule has 4 nitrogen and oxygen atoms in total. The fourth-order valence-corrected chi connectivity index (χ4v) is 1.28. The second-order valence-corrected chi connectivity index (χ2v) is 3.79. The lowest BCUT2D eigenvalue weighted by atomic mass is 10.2. The van der Waals surface area contributed by atoms with Crippen LogP contribution in [0.5, 0.6) is 0 Å². The predicted octanol–water partition coefficient (Wildman–Crippen LogP) is 1.83. The highest BCUT2D eigenvalue weighted by Crippen LogP contribution is 2.14. The summed E-state index contributed by atoms with van der Waals surface area (Å²) in [7, 11) is 0. The van der Waals surface area contributed by atoms with Gasteiger partial charge in [-0.05, 0) is 30.3 Å². The van der Waals surface area contributed by atoms with Crippen LogP contribution in [0.2, 0.25) is 0 Å². The van der Waals surface area contributed by atoms with Crippen LogP contribution in [0.3, 0.4) is 0 Å². The molecule has 0 aromatic heterocycles. The largest absolute Gasteiger partial charge is 0.392 e. The average Bonchev–Trinajstić information content (AvgIpc) is 2.29. The molecule has 0 bridgehead atoms. The highest BCUT2D eigenvalue weighted by Gasteiger charge is 2.08. The number of aliphatic hydroxyl groups is 1. The highest BCUT2D eigenvalue weighted by molar-refractivity contribution is 9.10. The first-order valence-electron chi connectivity index (χ1n) is 4.45. The van der Waals surface area contributed by atoms with Crippen LogP contribution in [-0.2, 0) is 4.79 Å². The van der Waals surface area contributed by atoms with Gasteiger partial charge in [0.2, 0.25) is 0 Å². The Balaban J connectivity index is 2.75. The Morgan fingerprint density at radius 2 is 2.12 bits per heavy atom. The molecule has 0 spiro atoms. The minimum atomic E-state index is -0.529. The van der Waals surface area contributed by atoms with Crippen LogP contribution < -0.4 is 5.32 Å². The van der Waals surface area contributed by atoms with E-state index in [0.29, 0.717) is 5.69 Å². The van der Waals surface area contributed by atoms with Gasteiger partial charge in [0.05, 0.1) is 6.61 Å². The van der Waals surface area contributed by atoms with E-state index in [9.17, 15) is 4.79 Å². The molecular formula is C11H9BrN2O2. The zero-order chi connectivity index (χ0) is 12.0. The zero-order valence-electron chi connectivity index (χ0n) is 8.27. The number of hydrogen-bond acceptors (Lipinski definition) is 3. The standard InChI is InChI=1S/C11H9BrN2O2/c12-9-1-3-10(4-2-9)14-11(16)8(7-13)5-6-15/h1-5,15H,6H2,(H,14,16). The Morgan fingerprint density at radius 3 is 2.62 bits per heavy atom. The Bertz CT molecular complexity index is 446. The molecule has 0 aliphatic heterocycles. The Hall–Kier alpha value is -1.64. The summed E-state index contributed by atoms with van der Waals surface area (Å²) in [6.45, 7) is -0.337. The van der Waals surface area contributed by atoms with Gasteiger partial charge in [0, 0.05) is 10.2 Å². The molecule has 1 aromatic carbocycles. The summed E-state index contributed by atoms with van der Waals surface area (Å²) in [6.07, 6.45) is 1.16. The molecule has 16 heavy (non-hydrogen) atoms. The summed E-state index contributed by atoms with van der Waals surface area (Å²) in [5, 5.41) is 19.8. The number of carbonyl (C=O) groups excluding carboxylic acids is 1. The van der Waals surface area contributed by atoms with Gasteiger partial charge < -0.3 is 10.4 Å². The maximum absolute atomic E-state index is 11.5. The lowest BCUT2D eigenvalue weighted by molar-refractivity contribution is -0.112. The topological polar surface area (TPSA) is 73.1 Å². The number of nitrogens with zero attached hydrogens (tertiary/aromatic N) is 1. The molecule has 0 fully saturated rings. The van der Waals surface area contributed by atoms with E-state index in [-0.39, 0.29) is 12.2 Å². The number of rotatable bonds is 3. The summed E-state index contributed by atoms with van der Waals surface area (Å²) in [5.41, 5.74) is 0.484. The van der Waals surface area contributed by atoms with Crippen LogP contribution in [0, 0.1) is 11.3 Å². The number of benzene rings is 1. The van der Waals surface area contributed by atoms with Gasteiger partial charge in [-0.3, -0.25) is 4.79 Å². The third-order valence-corrected chi connectivity index (χ3v) is 2.29. The van der Waals surface area contributed by atoms with E-state index in [2.05, 4.69) is 21.2 Å². The molecule has 5 heteroatoms. The number of hydrogen-bond donors (Lipinski definition) is 2. The quantitative estimate of drug-likeness (QED) is 0.655. The molecule has 0 saturated heterocycles. The summed E-state index contributed by atoms with van der Waals surface area (Å²) in [4.78, 5) is 11.5. The minimum Gasteiger partial charge on any atom is -0.392 e. The number of anilines is 1. The Kier molecular flexibility index (Phi) is 4.70. The number of aliphatic hydroxyl groups excluding tert-OH is 1. The van der Waals surface area contributed by atoms with Gasteiger partial charge in [0.15, 0.2) is 0 Å². The second-order valence-electron chi connectivity index (χ2n) is 2.87. The van der Waals surface area contributed by atoms with Crippen LogP contribution in [0.25, 0.3) is 0 Å². The molecule has 1 amide bonds. The summed E-state index contributed by atoms with van der Waals surface area (Å²) < 4.78 is 0.900. The van der Waals surface area contributed by atoms with Crippen LogP contribution in [0.1, 0.15) is 0 Å². The summed E-state index contributed by atoms with van der Waals surface area (Å²) >= 11 is 3.27. The third-order valence-electron chi connectivity index (χ3n) is 1.76. The molecule has 0 aliphatic rings. The molecule has 0 unspecified atom stereocenters. The first-order valence-corrected chi connectivity index (χ1v) is 5.24. The van der Waals surface area contributed by atoms with Crippen LogP contribution in [0.15, 0.2) is 40.4 Å². The molecule has 0 saturated carbocycles. The van der Waals surface area contributed by atoms with E-state index in [4.69, 9.17) is 10.4 Å². The lowest BCUT2D eigenvalue weighted by Gasteiger charge is -2.03. The molecule has 0 atom stereocenters. The number of halogens is 1. The first kappa shape index (κ1) is 12.4. The maximum atomic E-state index is 11.5. The number of carbonyl (C=O) groups is 1. The Labute approximate surface area is 101 Å². The fraction of sp³-hybridized carbons (Fsp3) is 0.0909. The number of nitriles is 1. The summed E-state index contributed by atoms with van der Waals surface area (Å²) in [5.74, 6) is -0.529. The second kappa shape index (κ2) is 6.05. The van der Waals surface area contributed by atoms with E-state index in [0.717, 1.165) is 10.5 Å². The molecule has 82 valence electrons. The van der Waals surface area contributed by atoms with Crippen molar-refractivity contribution in [3.05, 3.63) is 40.4 Å². The van der Waals surface area contributed by atoms with Crippen LogP contribution in [0.4, 0.5) is 5.69 Å². The van der Waals surface area contributed by atoms with Gasteiger partial charge in [0.25, 0.3) is 5.91 Å². The van der Waals surface area contributed by atoms with Crippen LogP contribution >= 0.6 is 15.9 Å².